The van der Waals surface area contributed by atoms with Crippen LogP contribution in [0, 0.1) is 10.8 Å². The highest BCUT2D eigenvalue weighted by Gasteiger charge is 2.75. The highest BCUT2D eigenvalue weighted by molar-refractivity contribution is 6.00. The molecule has 3 aliphatic carbocycles. The van der Waals surface area contributed by atoms with Gasteiger partial charge in [0.25, 0.3) is 0 Å². The van der Waals surface area contributed by atoms with Crippen LogP contribution in [0.5, 0.6) is 0 Å². The molecule has 1 aromatic carbocycles. The molecule has 0 saturated heterocycles. The third-order valence-electron chi connectivity index (χ3n) is 5.49. The van der Waals surface area contributed by atoms with Crippen molar-refractivity contribution in [2.45, 2.75) is 32.2 Å². The molecule has 3 fully saturated rings. The first-order valence-electron chi connectivity index (χ1n) is 8.09. The number of carbonyl (C=O) groups is 2. The summed E-state index contributed by atoms with van der Waals surface area (Å²) in [5, 5.41) is 16.4. The fraction of sp³-hybridized carbons (Fsp3) is 0.389. The van der Waals surface area contributed by atoms with Crippen molar-refractivity contribution in [1.82, 2.24) is 9.78 Å². The molecule has 0 radical (unpaired) electrons. The Bertz CT molecular complexity index is 792. The van der Waals surface area contributed by atoms with Gasteiger partial charge in [0.15, 0.2) is 5.82 Å². The Kier molecular flexibility index (Phi) is 3.07. The summed E-state index contributed by atoms with van der Waals surface area (Å²) in [7, 11) is 0. The lowest BCUT2D eigenvalue weighted by Gasteiger charge is -2.66. The summed E-state index contributed by atoms with van der Waals surface area (Å²) in [4.78, 5) is 23.5. The summed E-state index contributed by atoms with van der Waals surface area (Å²) in [5.74, 6) is -0.377. The molecule has 2 aromatic rings. The number of benzene rings is 1. The van der Waals surface area contributed by atoms with Crippen molar-refractivity contribution in [3.8, 4) is 0 Å². The second-order valence-electron chi connectivity index (χ2n) is 7.12. The normalized spacial score (nSPS) is 28.4. The minimum atomic E-state index is -0.780. The number of hydrogen-bond donors (Lipinski definition) is 2. The molecule has 5 rings (SSSR count). The average molecular weight is 325 g/mol. The molecule has 0 spiro atoms. The van der Waals surface area contributed by atoms with E-state index in [9.17, 15) is 9.59 Å². The van der Waals surface area contributed by atoms with E-state index < -0.39 is 16.8 Å². The summed E-state index contributed by atoms with van der Waals surface area (Å²) in [6.45, 7) is 2.05. The number of rotatable bonds is 5. The number of amides is 1. The second kappa shape index (κ2) is 4.93. The molecule has 2 bridgehead atoms. The maximum absolute atomic E-state index is 12.4. The van der Waals surface area contributed by atoms with Crippen LogP contribution in [0.3, 0.4) is 0 Å². The van der Waals surface area contributed by atoms with Crippen LogP contribution >= 0.6 is 0 Å². The largest absolute Gasteiger partial charge is 0.481 e. The molecule has 1 amide bonds. The van der Waals surface area contributed by atoms with Crippen molar-refractivity contribution in [2.24, 2.45) is 10.8 Å². The second-order valence-corrected chi connectivity index (χ2v) is 7.12. The Hall–Kier alpha value is -2.63. The summed E-state index contributed by atoms with van der Waals surface area (Å²) in [5.41, 5.74) is 0.00690. The van der Waals surface area contributed by atoms with Crippen LogP contribution in [-0.4, -0.2) is 26.8 Å². The van der Waals surface area contributed by atoms with Crippen LogP contribution in [0.1, 0.15) is 37.8 Å². The molecular formula is C18H19N3O3. The van der Waals surface area contributed by atoms with Crippen LogP contribution < -0.4 is 5.32 Å². The molecule has 1 heterocycles. The minimum absolute atomic E-state index is 0.0714. The SMILES string of the molecule is CC(c1ccccc1)n1ccc(NC(=O)C23CC(C(=O)O)(C2)C3)n1. The molecule has 2 N–H and O–H groups in total. The van der Waals surface area contributed by atoms with E-state index in [-0.39, 0.29) is 11.9 Å². The zero-order chi connectivity index (χ0) is 16.9. The van der Waals surface area contributed by atoms with Gasteiger partial charge in [-0.15, -0.1) is 0 Å². The van der Waals surface area contributed by atoms with Crippen LogP contribution in [0.25, 0.3) is 0 Å². The van der Waals surface area contributed by atoms with E-state index in [0.717, 1.165) is 5.56 Å². The van der Waals surface area contributed by atoms with Crippen LogP contribution in [0.2, 0.25) is 0 Å². The predicted octanol–water partition coefficient (Wildman–Crippen LogP) is 2.69. The smallest absolute Gasteiger partial charge is 0.309 e. The lowest BCUT2D eigenvalue weighted by Crippen LogP contribution is -2.69. The predicted molar refractivity (Wildman–Crippen MR) is 87.5 cm³/mol. The van der Waals surface area contributed by atoms with Crippen LogP contribution in [0.15, 0.2) is 42.6 Å². The van der Waals surface area contributed by atoms with E-state index in [1.807, 2.05) is 48.1 Å². The van der Waals surface area contributed by atoms with Gasteiger partial charge in [0, 0.05) is 12.3 Å². The van der Waals surface area contributed by atoms with Crippen molar-refractivity contribution in [3.05, 3.63) is 48.2 Å². The lowest BCUT2D eigenvalue weighted by molar-refractivity contribution is -0.217. The first kappa shape index (κ1) is 14.9. The topological polar surface area (TPSA) is 84.2 Å². The van der Waals surface area contributed by atoms with Crippen LogP contribution in [0.4, 0.5) is 5.82 Å². The van der Waals surface area contributed by atoms with Crippen molar-refractivity contribution in [3.63, 3.8) is 0 Å². The number of nitrogens with one attached hydrogen (secondary N) is 1. The first-order valence-corrected chi connectivity index (χ1v) is 8.09. The maximum Gasteiger partial charge on any atom is 0.309 e. The minimum Gasteiger partial charge on any atom is -0.481 e. The molecule has 3 saturated carbocycles. The van der Waals surface area contributed by atoms with Gasteiger partial charge >= 0.3 is 5.97 Å². The number of carboxylic acids is 1. The van der Waals surface area contributed by atoms with Gasteiger partial charge in [-0.3, -0.25) is 14.3 Å². The summed E-state index contributed by atoms with van der Waals surface area (Å²) in [6.07, 6.45) is 3.18. The molecule has 6 nitrogen and oxygen atoms in total. The maximum atomic E-state index is 12.4. The number of anilines is 1. The average Bonchev–Trinajstić information content (AvgIpc) is 2.92. The third kappa shape index (κ3) is 2.06. The van der Waals surface area contributed by atoms with Gasteiger partial charge in [-0.1, -0.05) is 30.3 Å². The number of carbonyl (C=O) groups excluding carboxylic acids is 1. The number of carboxylic acid groups (broad SMARTS) is 1. The lowest BCUT2D eigenvalue weighted by atomic mass is 9.35. The quantitative estimate of drug-likeness (QED) is 0.885. The molecule has 1 atom stereocenters. The number of aliphatic carboxylic acids is 1. The fourth-order valence-corrected chi connectivity index (χ4v) is 4.01. The molecule has 6 heteroatoms. The Balaban J connectivity index is 1.42. The van der Waals surface area contributed by atoms with Gasteiger partial charge in [-0.05, 0) is 31.7 Å². The van der Waals surface area contributed by atoms with Crippen LogP contribution in [-0.2, 0) is 9.59 Å². The summed E-state index contributed by atoms with van der Waals surface area (Å²) >= 11 is 0. The van der Waals surface area contributed by atoms with E-state index in [2.05, 4.69) is 10.4 Å². The van der Waals surface area contributed by atoms with E-state index in [1.165, 1.54) is 0 Å². The summed E-state index contributed by atoms with van der Waals surface area (Å²) < 4.78 is 1.81. The van der Waals surface area contributed by atoms with E-state index in [4.69, 9.17) is 5.11 Å². The van der Waals surface area contributed by atoms with Gasteiger partial charge in [0.2, 0.25) is 5.91 Å². The Morgan fingerprint density at radius 1 is 1.17 bits per heavy atom. The monoisotopic (exact) mass is 325 g/mol. The van der Waals surface area contributed by atoms with E-state index in [0.29, 0.717) is 25.1 Å². The van der Waals surface area contributed by atoms with E-state index >= 15 is 0 Å². The Morgan fingerprint density at radius 3 is 2.46 bits per heavy atom. The summed E-state index contributed by atoms with van der Waals surface area (Å²) in [6, 6.07) is 11.9. The molecular weight excluding hydrogens is 306 g/mol. The molecule has 24 heavy (non-hydrogen) atoms. The molecule has 1 unspecified atom stereocenters. The van der Waals surface area contributed by atoms with Crippen molar-refractivity contribution < 1.29 is 14.7 Å². The molecule has 3 aliphatic rings. The van der Waals surface area contributed by atoms with Crippen molar-refractivity contribution >= 4 is 17.7 Å². The number of hydrogen-bond acceptors (Lipinski definition) is 3. The zero-order valence-electron chi connectivity index (χ0n) is 13.4. The molecule has 124 valence electrons. The van der Waals surface area contributed by atoms with Gasteiger partial charge in [-0.2, -0.15) is 5.10 Å². The number of nitrogens with zero attached hydrogens (tertiary/aromatic N) is 2. The molecule has 1 aromatic heterocycles. The standard InChI is InChI=1S/C18H19N3O3/c1-12(13-5-3-2-4-6-13)21-8-7-14(20-21)19-15(22)17-9-18(10-17,11-17)16(23)24/h2-8,12H,9-11H2,1H3,(H,23,24)(H,19,20,22). The highest BCUT2D eigenvalue weighted by Crippen LogP contribution is 2.73. The Morgan fingerprint density at radius 2 is 1.83 bits per heavy atom. The third-order valence-corrected chi connectivity index (χ3v) is 5.49. The van der Waals surface area contributed by atoms with Gasteiger partial charge in [0.1, 0.15) is 0 Å². The molecule has 0 aliphatic heterocycles. The van der Waals surface area contributed by atoms with E-state index in [1.54, 1.807) is 6.07 Å². The first-order chi connectivity index (χ1) is 11.4. The van der Waals surface area contributed by atoms with Gasteiger partial charge in [-0.25, -0.2) is 0 Å². The Labute approximate surface area is 139 Å². The fourth-order valence-electron chi connectivity index (χ4n) is 4.01. The highest BCUT2D eigenvalue weighted by atomic mass is 16.4. The number of aromatic nitrogens is 2. The van der Waals surface area contributed by atoms with Crippen molar-refractivity contribution in [2.75, 3.05) is 5.32 Å². The van der Waals surface area contributed by atoms with Gasteiger partial charge < -0.3 is 10.4 Å². The zero-order valence-corrected chi connectivity index (χ0v) is 13.4. The van der Waals surface area contributed by atoms with Gasteiger partial charge in [0.05, 0.1) is 16.9 Å². The van der Waals surface area contributed by atoms with Crippen molar-refractivity contribution in [1.29, 1.82) is 0 Å².